The minimum atomic E-state index is -3.68. The average molecular weight is 369 g/mol. The number of nitrogens with zero attached hydrogens (tertiary/aromatic N) is 1. The van der Waals surface area contributed by atoms with Gasteiger partial charge in [0, 0.05) is 0 Å². The van der Waals surface area contributed by atoms with E-state index < -0.39 is 10.0 Å². The highest BCUT2D eigenvalue weighted by Gasteiger charge is 2.18. The zero-order chi connectivity index (χ0) is 13.3. The van der Waals surface area contributed by atoms with Crippen LogP contribution in [0.3, 0.4) is 0 Å². The lowest BCUT2D eigenvalue weighted by Gasteiger charge is -2.07. The van der Waals surface area contributed by atoms with Crippen molar-refractivity contribution in [2.24, 2.45) is 0 Å². The Balaban J connectivity index is 2.33. The van der Waals surface area contributed by atoms with Crippen LogP contribution in [0, 0.1) is 0 Å². The molecule has 0 aliphatic carbocycles. The summed E-state index contributed by atoms with van der Waals surface area (Å²) in [5, 5.41) is 0. The fourth-order valence-electron chi connectivity index (χ4n) is 1.15. The van der Waals surface area contributed by atoms with Crippen LogP contribution >= 0.6 is 38.9 Å². The van der Waals surface area contributed by atoms with Crippen LogP contribution in [0.1, 0.15) is 0 Å². The topological polar surface area (TPSA) is 85.1 Å². The summed E-state index contributed by atoms with van der Waals surface area (Å²) < 4.78 is 27.3. The lowest BCUT2D eigenvalue weighted by molar-refractivity contribution is 0.603. The third kappa shape index (κ3) is 2.94. The monoisotopic (exact) mass is 367 g/mol. The first-order chi connectivity index (χ1) is 8.38. The SMILES string of the molecule is Nc1cnc(NS(=O)(=O)c2ccc(Cl)s2)c(Br)c1. The highest BCUT2D eigenvalue weighted by molar-refractivity contribution is 9.10. The van der Waals surface area contributed by atoms with Gasteiger partial charge in [-0.15, -0.1) is 11.3 Å². The molecule has 9 heteroatoms. The van der Waals surface area contributed by atoms with Crippen LogP contribution in [0.15, 0.2) is 33.1 Å². The highest BCUT2D eigenvalue weighted by atomic mass is 79.9. The molecule has 2 aromatic heterocycles. The van der Waals surface area contributed by atoms with E-state index in [4.69, 9.17) is 17.3 Å². The van der Waals surface area contributed by atoms with Gasteiger partial charge in [-0.1, -0.05) is 11.6 Å². The van der Waals surface area contributed by atoms with Crippen LogP contribution in [0.4, 0.5) is 11.5 Å². The van der Waals surface area contributed by atoms with Crippen LogP contribution in [-0.2, 0) is 10.0 Å². The number of nitrogen functional groups attached to an aromatic ring is 1. The molecule has 0 saturated carbocycles. The summed E-state index contributed by atoms with van der Waals surface area (Å²) in [4.78, 5) is 3.90. The number of pyridine rings is 1. The second-order valence-corrected chi connectivity index (χ2v) is 7.74. The number of rotatable bonds is 3. The zero-order valence-electron chi connectivity index (χ0n) is 8.72. The fraction of sp³-hybridized carbons (Fsp3) is 0. The molecule has 0 atom stereocenters. The molecule has 0 aliphatic rings. The van der Waals surface area contributed by atoms with Crippen LogP contribution in [0.5, 0.6) is 0 Å². The summed E-state index contributed by atoms with van der Waals surface area (Å²) in [5.74, 6) is 0.175. The summed E-state index contributed by atoms with van der Waals surface area (Å²) >= 11 is 9.86. The van der Waals surface area contributed by atoms with Gasteiger partial charge in [0.05, 0.1) is 20.7 Å². The summed E-state index contributed by atoms with van der Waals surface area (Å²) in [7, 11) is -3.68. The first kappa shape index (κ1) is 13.6. The van der Waals surface area contributed by atoms with E-state index in [1.807, 2.05) is 0 Å². The minimum absolute atomic E-state index is 0.123. The number of nitrogens with one attached hydrogen (secondary N) is 1. The maximum absolute atomic E-state index is 12.0. The maximum atomic E-state index is 12.0. The van der Waals surface area contributed by atoms with E-state index in [-0.39, 0.29) is 10.0 Å². The van der Waals surface area contributed by atoms with Crippen molar-refractivity contribution < 1.29 is 8.42 Å². The van der Waals surface area contributed by atoms with Gasteiger partial charge in [0.1, 0.15) is 4.21 Å². The van der Waals surface area contributed by atoms with Gasteiger partial charge in [0.2, 0.25) is 0 Å². The van der Waals surface area contributed by atoms with Gasteiger partial charge in [-0.3, -0.25) is 4.72 Å². The van der Waals surface area contributed by atoms with Crippen molar-refractivity contribution in [1.82, 2.24) is 4.98 Å². The third-order valence-electron chi connectivity index (χ3n) is 1.91. The van der Waals surface area contributed by atoms with Crippen molar-refractivity contribution in [2.75, 3.05) is 10.5 Å². The summed E-state index contributed by atoms with van der Waals surface area (Å²) in [6, 6.07) is 4.51. The van der Waals surface area contributed by atoms with Crippen molar-refractivity contribution in [3.8, 4) is 0 Å². The number of nitrogens with two attached hydrogens (primary N) is 1. The molecule has 0 bridgehead atoms. The van der Waals surface area contributed by atoms with Crippen LogP contribution in [0.2, 0.25) is 4.34 Å². The molecule has 5 nitrogen and oxygen atoms in total. The van der Waals surface area contributed by atoms with Gasteiger partial charge >= 0.3 is 0 Å². The molecule has 0 amide bonds. The van der Waals surface area contributed by atoms with E-state index in [1.165, 1.54) is 18.3 Å². The van der Waals surface area contributed by atoms with Gasteiger partial charge in [-0.2, -0.15) is 0 Å². The van der Waals surface area contributed by atoms with Crippen LogP contribution < -0.4 is 10.5 Å². The van der Waals surface area contributed by atoms with Crippen molar-refractivity contribution in [3.05, 3.63) is 33.2 Å². The predicted molar refractivity (Wildman–Crippen MR) is 76.5 cm³/mol. The fourth-order valence-corrected chi connectivity index (χ4v) is 4.26. The number of hydrogen-bond donors (Lipinski definition) is 2. The lowest BCUT2D eigenvalue weighted by atomic mass is 10.4. The molecule has 0 fully saturated rings. The minimum Gasteiger partial charge on any atom is -0.397 e. The first-order valence-electron chi connectivity index (χ1n) is 4.57. The molecular formula is C9H7BrClN3O2S2. The number of halogens is 2. The molecule has 18 heavy (non-hydrogen) atoms. The van der Waals surface area contributed by atoms with Gasteiger partial charge in [-0.25, -0.2) is 13.4 Å². The molecule has 96 valence electrons. The van der Waals surface area contributed by atoms with Crippen molar-refractivity contribution in [1.29, 1.82) is 0 Å². The highest BCUT2D eigenvalue weighted by Crippen LogP contribution is 2.29. The van der Waals surface area contributed by atoms with E-state index >= 15 is 0 Å². The molecule has 0 unspecified atom stereocenters. The Bertz CT molecular complexity index is 687. The normalized spacial score (nSPS) is 11.4. The number of thiophene rings is 1. The quantitative estimate of drug-likeness (QED) is 0.872. The Morgan fingerprint density at radius 3 is 2.72 bits per heavy atom. The summed E-state index contributed by atoms with van der Waals surface area (Å²) in [6.45, 7) is 0. The van der Waals surface area contributed by atoms with Crippen molar-refractivity contribution in [2.45, 2.75) is 4.21 Å². The second kappa shape index (κ2) is 5.04. The Morgan fingerprint density at radius 2 is 2.17 bits per heavy atom. The Hall–Kier alpha value is -0.830. The zero-order valence-corrected chi connectivity index (χ0v) is 12.7. The first-order valence-corrected chi connectivity index (χ1v) is 8.05. The smallest absolute Gasteiger partial charge is 0.272 e. The molecule has 2 aromatic rings. The molecule has 2 rings (SSSR count). The van der Waals surface area contributed by atoms with Gasteiger partial charge in [-0.05, 0) is 34.1 Å². The van der Waals surface area contributed by atoms with E-state index in [0.717, 1.165) is 11.3 Å². The molecule has 3 N–H and O–H groups in total. The summed E-state index contributed by atoms with van der Waals surface area (Å²) in [6.07, 6.45) is 1.37. The van der Waals surface area contributed by atoms with Crippen molar-refractivity contribution >= 4 is 60.4 Å². The molecule has 0 aromatic carbocycles. The standard InChI is InChI=1S/C9H7BrClN3O2S2/c10-6-3-5(12)4-13-9(6)14-18(15,16)8-2-1-7(11)17-8/h1-4H,12H2,(H,13,14). The predicted octanol–water partition coefficient (Wildman–Crippen LogP) is 2.94. The Morgan fingerprint density at radius 1 is 1.44 bits per heavy atom. The second-order valence-electron chi connectivity index (χ2n) is 3.26. The maximum Gasteiger partial charge on any atom is 0.272 e. The van der Waals surface area contributed by atoms with Gasteiger partial charge in [0.25, 0.3) is 10.0 Å². The van der Waals surface area contributed by atoms with E-state index in [1.54, 1.807) is 6.07 Å². The molecule has 0 saturated heterocycles. The van der Waals surface area contributed by atoms with E-state index in [0.29, 0.717) is 14.5 Å². The number of sulfonamides is 1. The summed E-state index contributed by atoms with van der Waals surface area (Å²) in [5.41, 5.74) is 5.95. The van der Waals surface area contributed by atoms with Crippen molar-refractivity contribution in [3.63, 3.8) is 0 Å². The van der Waals surface area contributed by atoms with Crippen LogP contribution in [0.25, 0.3) is 0 Å². The third-order valence-corrected chi connectivity index (χ3v) is 5.57. The van der Waals surface area contributed by atoms with E-state index in [9.17, 15) is 8.42 Å². The Labute approximate surface area is 121 Å². The molecular weight excluding hydrogens is 362 g/mol. The molecule has 0 spiro atoms. The number of anilines is 2. The average Bonchev–Trinajstić information content (AvgIpc) is 2.70. The largest absolute Gasteiger partial charge is 0.397 e. The number of aromatic nitrogens is 1. The lowest BCUT2D eigenvalue weighted by Crippen LogP contribution is -2.13. The Kier molecular flexibility index (Phi) is 3.81. The number of hydrogen-bond acceptors (Lipinski definition) is 5. The molecule has 0 aliphatic heterocycles. The molecule has 2 heterocycles. The van der Waals surface area contributed by atoms with Gasteiger partial charge < -0.3 is 5.73 Å². The van der Waals surface area contributed by atoms with Gasteiger partial charge in [0.15, 0.2) is 5.82 Å². The van der Waals surface area contributed by atoms with E-state index in [2.05, 4.69) is 25.6 Å². The van der Waals surface area contributed by atoms with Crippen LogP contribution in [-0.4, -0.2) is 13.4 Å². The molecule has 0 radical (unpaired) electrons.